The van der Waals surface area contributed by atoms with Crippen molar-refractivity contribution in [2.45, 2.75) is 12.6 Å². The van der Waals surface area contributed by atoms with Gasteiger partial charge >= 0.3 is 0 Å². The SMILES string of the molecule is O=c1c2ccccc2cnn1CC(O)COc1c(Cl)cccc1Cl. The van der Waals surface area contributed by atoms with Crippen LogP contribution in [0.15, 0.2) is 53.5 Å². The predicted octanol–water partition coefficient (Wildman–Crippen LogP) is 3.14. The average molecular weight is 365 g/mol. The van der Waals surface area contributed by atoms with Crippen molar-refractivity contribution in [1.82, 2.24) is 9.78 Å². The molecule has 0 saturated heterocycles. The Morgan fingerprint density at radius 2 is 1.83 bits per heavy atom. The van der Waals surface area contributed by atoms with Crippen LogP contribution in [0, 0.1) is 0 Å². The third-order valence-electron chi connectivity index (χ3n) is 3.48. The number of aromatic nitrogens is 2. The second-order valence-corrected chi connectivity index (χ2v) is 6.05. The molecule has 1 heterocycles. The number of para-hydroxylation sites is 1. The van der Waals surface area contributed by atoms with Crippen LogP contribution in [0.25, 0.3) is 10.8 Å². The van der Waals surface area contributed by atoms with E-state index in [0.717, 1.165) is 5.39 Å². The summed E-state index contributed by atoms with van der Waals surface area (Å²) in [4.78, 5) is 12.4. The molecule has 5 nitrogen and oxygen atoms in total. The highest BCUT2D eigenvalue weighted by molar-refractivity contribution is 6.37. The van der Waals surface area contributed by atoms with Gasteiger partial charge in [0.2, 0.25) is 0 Å². The van der Waals surface area contributed by atoms with Gasteiger partial charge in [0.25, 0.3) is 5.56 Å². The lowest BCUT2D eigenvalue weighted by molar-refractivity contribution is 0.0882. The Balaban J connectivity index is 1.72. The van der Waals surface area contributed by atoms with Crippen molar-refractivity contribution >= 4 is 34.0 Å². The van der Waals surface area contributed by atoms with Gasteiger partial charge < -0.3 is 9.84 Å². The van der Waals surface area contributed by atoms with Gasteiger partial charge in [-0.25, -0.2) is 4.68 Å². The van der Waals surface area contributed by atoms with Crippen molar-refractivity contribution in [3.63, 3.8) is 0 Å². The summed E-state index contributed by atoms with van der Waals surface area (Å²) in [6, 6.07) is 12.1. The molecule has 124 valence electrons. The van der Waals surface area contributed by atoms with Crippen molar-refractivity contribution in [2.75, 3.05) is 6.61 Å². The second kappa shape index (κ2) is 7.21. The monoisotopic (exact) mass is 364 g/mol. The molecular weight excluding hydrogens is 351 g/mol. The first-order chi connectivity index (χ1) is 11.6. The molecule has 1 N–H and O–H groups in total. The molecule has 0 aliphatic heterocycles. The molecule has 0 radical (unpaired) electrons. The number of halogens is 2. The minimum Gasteiger partial charge on any atom is -0.488 e. The number of fused-ring (bicyclic) bond motifs is 1. The maximum absolute atomic E-state index is 12.4. The van der Waals surface area contributed by atoms with E-state index in [9.17, 15) is 9.90 Å². The van der Waals surface area contributed by atoms with E-state index in [4.69, 9.17) is 27.9 Å². The molecular formula is C17H14Cl2N2O3. The normalized spacial score (nSPS) is 12.3. The molecule has 0 spiro atoms. The standard InChI is InChI=1S/C17H14Cl2N2O3/c18-14-6-3-7-15(19)16(14)24-10-12(22)9-21-17(23)13-5-2-1-4-11(13)8-20-21/h1-8,12,22H,9-10H2. The summed E-state index contributed by atoms with van der Waals surface area (Å²) in [7, 11) is 0. The Kier molecular flexibility index (Phi) is 5.04. The van der Waals surface area contributed by atoms with Crippen molar-refractivity contribution in [3.8, 4) is 5.75 Å². The van der Waals surface area contributed by atoms with E-state index >= 15 is 0 Å². The van der Waals surface area contributed by atoms with Crippen LogP contribution in [0.2, 0.25) is 10.0 Å². The topological polar surface area (TPSA) is 64.4 Å². The summed E-state index contributed by atoms with van der Waals surface area (Å²) in [6.07, 6.45) is 0.651. The fourth-order valence-corrected chi connectivity index (χ4v) is 2.82. The molecule has 24 heavy (non-hydrogen) atoms. The summed E-state index contributed by atoms with van der Waals surface area (Å²) in [5.74, 6) is 0.304. The molecule has 0 amide bonds. The number of ether oxygens (including phenoxy) is 1. The predicted molar refractivity (Wildman–Crippen MR) is 94.0 cm³/mol. The lowest BCUT2D eigenvalue weighted by Crippen LogP contribution is -2.31. The number of nitrogens with zero attached hydrogens (tertiary/aromatic N) is 2. The molecule has 0 aliphatic carbocycles. The molecule has 1 aromatic heterocycles. The first-order valence-electron chi connectivity index (χ1n) is 7.26. The summed E-state index contributed by atoms with van der Waals surface area (Å²) in [5, 5.41) is 16.2. The Morgan fingerprint density at radius 1 is 1.12 bits per heavy atom. The maximum Gasteiger partial charge on any atom is 0.274 e. The van der Waals surface area contributed by atoms with E-state index in [1.54, 1.807) is 36.5 Å². The quantitative estimate of drug-likeness (QED) is 0.755. The average Bonchev–Trinajstić information content (AvgIpc) is 2.57. The van der Waals surface area contributed by atoms with E-state index < -0.39 is 6.10 Å². The molecule has 3 aromatic rings. The molecule has 1 atom stereocenters. The third-order valence-corrected chi connectivity index (χ3v) is 4.08. The summed E-state index contributed by atoms with van der Waals surface area (Å²) in [6.45, 7) is -0.0594. The molecule has 0 bridgehead atoms. The fourth-order valence-electron chi connectivity index (χ4n) is 2.31. The van der Waals surface area contributed by atoms with Gasteiger partial charge in [0.05, 0.1) is 28.2 Å². The lowest BCUT2D eigenvalue weighted by Gasteiger charge is -2.15. The van der Waals surface area contributed by atoms with Gasteiger partial charge in [-0.15, -0.1) is 0 Å². The first kappa shape index (κ1) is 16.8. The van der Waals surface area contributed by atoms with E-state index in [-0.39, 0.29) is 18.7 Å². The Morgan fingerprint density at radius 3 is 2.58 bits per heavy atom. The van der Waals surface area contributed by atoms with E-state index in [2.05, 4.69) is 5.10 Å². The van der Waals surface area contributed by atoms with Crippen LogP contribution in [0.5, 0.6) is 5.75 Å². The zero-order chi connectivity index (χ0) is 17.1. The molecule has 0 fully saturated rings. The van der Waals surface area contributed by atoms with Crippen LogP contribution in [0.3, 0.4) is 0 Å². The van der Waals surface area contributed by atoms with Crippen LogP contribution in [-0.2, 0) is 6.54 Å². The smallest absolute Gasteiger partial charge is 0.274 e. The number of aliphatic hydroxyl groups excluding tert-OH is 1. The van der Waals surface area contributed by atoms with E-state index in [1.165, 1.54) is 4.68 Å². The Bertz CT molecular complexity index is 907. The second-order valence-electron chi connectivity index (χ2n) is 5.23. The van der Waals surface area contributed by atoms with Gasteiger partial charge in [-0.3, -0.25) is 4.79 Å². The number of hydrogen-bond donors (Lipinski definition) is 1. The number of hydrogen-bond acceptors (Lipinski definition) is 4. The lowest BCUT2D eigenvalue weighted by atomic mass is 10.2. The molecule has 3 rings (SSSR count). The highest BCUT2D eigenvalue weighted by Crippen LogP contribution is 2.32. The van der Waals surface area contributed by atoms with Crippen LogP contribution in [0.4, 0.5) is 0 Å². The maximum atomic E-state index is 12.4. The largest absolute Gasteiger partial charge is 0.488 e. The number of benzene rings is 2. The third kappa shape index (κ3) is 3.53. The minimum absolute atomic E-state index is 0.00569. The minimum atomic E-state index is -0.941. The van der Waals surface area contributed by atoms with Crippen LogP contribution in [-0.4, -0.2) is 27.6 Å². The highest BCUT2D eigenvalue weighted by Gasteiger charge is 2.13. The Labute approximate surface area is 148 Å². The number of rotatable bonds is 5. The first-order valence-corrected chi connectivity index (χ1v) is 8.01. The van der Waals surface area contributed by atoms with Gasteiger partial charge in [0.15, 0.2) is 5.75 Å². The molecule has 2 aromatic carbocycles. The van der Waals surface area contributed by atoms with Gasteiger partial charge in [0, 0.05) is 5.39 Å². The van der Waals surface area contributed by atoms with Crippen molar-refractivity contribution in [3.05, 3.63) is 69.1 Å². The Hall–Kier alpha value is -2.08. The molecule has 0 aliphatic rings. The number of aliphatic hydroxyl groups is 1. The molecule has 1 unspecified atom stereocenters. The molecule has 0 saturated carbocycles. The van der Waals surface area contributed by atoms with Gasteiger partial charge in [0.1, 0.15) is 12.7 Å². The van der Waals surface area contributed by atoms with Crippen LogP contribution >= 0.6 is 23.2 Å². The van der Waals surface area contributed by atoms with Gasteiger partial charge in [-0.1, -0.05) is 47.5 Å². The zero-order valence-corrected chi connectivity index (χ0v) is 14.0. The fraction of sp³-hybridized carbons (Fsp3) is 0.176. The summed E-state index contributed by atoms with van der Waals surface area (Å²) >= 11 is 12.0. The highest BCUT2D eigenvalue weighted by atomic mass is 35.5. The summed E-state index contributed by atoms with van der Waals surface area (Å²) < 4.78 is 6.68. The van der Waals surface area contributed by atoms with E-state index in [0.29, 0.717) is 21.2 Å². The van der Waals surface area contributed by atoms with E-state index in [1.807, 2.05) is 12.1 Å². The van der Waals surface area contributed by atoms with Crippen LogP contribution in [0.1, 0.15) is 0 Å². The van der Waals surface area contributed by atoms with Crippen molar-refractivity contribution < 1.29 is 9.84 Å². The van der Waals surface area contributed by atoms with Gasteiger partial charge in [-0.2, -0.15) is 5.10 Å². The molecule has 7 heteroatoms. The van der Waals surface area contributed by atoms with Crippen LogP contribution < -0.4 is 10.3 Å². The van der Waals surface area contributed by atoms with Gasteiger partial charge in [-0.05, 0) is 18.2 Å². The van der Waals surface area contributed by atoms with Crippen molar-refractivity contribution in [1.29, 1.82) is 0 Å². The van der Waals surface area contributed by atoms with Crippen molar-refractivity contribution in [2.24, 2.45) is 0 Å². The summed E-state index contributed by atoms with van der Waals surface area (Å²) in [5.41, 5.74) is -0.261. The zero-order valence-electron chi connectivity index (χ0n) is 12.5.